The normalized spacial score (nSPS) is 14.7. The Hall–Kier alpha value is -2.73. The average molecular weight is 306 g/mol. The fraction of sp³-hybridized carbons (Fsp3) is 0.250. The summed E-state index contributed by atoms with van der Waals surface area (Å²) in [5.74, 6) is 3.35. The van der Waals surface area contributed by atoms with E-state index < -0.39 is 5.97 Å². The third kappa shape index (κ3) is 3.37. The van der Waals surface area contributed by atoms with E-state index >= 15 is 0 Å². The highest BCUT2D eigenvalue weighted by Gasteiger charge is 2.28. The zero-order valence-electron chi connectivity index (χ0n) is 13.3. The zero-order chi connectivity index (χ0) is 16.3. The van der Waals surface area contributed by atoms with E-state index in [4.69, 9.17) is 9.47 Å². The average Bonchev–Trinajstić information content (AvgIpc) is 2.56. The Morgan fingerprint density at radius 2 is 1.96 bits per heavy atom. The molecule has 3 rings (SSSR count). The minimum absolute atomic E-state index is 0.0615. The molecule has 0 aliphatic carbocycles. The van der Waals surface area contributed by atoms with Crippen molar-refractivity contribution in [1.82, 2.24) is 0 Å². The Morgan fingerprint density at radius 3 is 2.74 bits per heavy atom. The Balaban J connectivity index is 1.76. The molecule has 1 heterocycles. The molecule has 0 atom stereocenters. The first-order valence-corrected chi connectivity index (χ1v) is 7.61. The summed E-state index contributed by atoms with van der Waals surface area (Å²) in [6.45, 7) is 5.13. The summed E-state index contributed by atoms with van der Waals surface area (Å²) in [7, 11) is 0. The highest BCUT2D eigenvalue weighted by Crippen LogP contribution is 2.38. The molecule has 0 fully saturated rings. The molecule has 0 radical (unpaired) electrons. The van der Waals surface area contributed by atoms with Gasteiger partial charge < -0.3 is 9.47 Å². The monoisotopic (exact) mass is 306 g/mol. The summed E-state index contributed by atoms with van der Waals surface area (Å²) in [5.41, 5.74) is 2.50. The van der Waals surface area contributed by atoms with E-state index in [-0.39, 0.29) is 5.41 Å². The minimum Gasteiger partial charge on any atom is -0.493 e. The SMILES string of the molecule is CC1(C)CCOc2ccc(C#COC(=O)c3ccccc3)cc21. The summed E-state index contributed by atoms with van der Waals surface area (Å²) in [4.78, 5) is 11.8. The van der Waals surface area contributed by atoms with Crippen molar-refractivity contribution < 1.29 is 14.3 Å². The number of hydrogen-bond acceptors (Lipinski definition) is 3. The second kappa shape index (κ2) is 6.18. The standard InChI is InChI=1S/C20H18O3/c1-20(2)11-13-22-18-9-8-15(14-17(18)20)10-12-23-19(21)16-6-4-3-5-7-16/h3-9,14H,11,13H2,1-2H3. The fourth-order valence-electron chi connectivity index (χ4n) is 2.58. The molecule has 0 saturated heterocycles. The van der Waals surface area contributed by atoms with Crippen LogP contribution in [-0.4, -0.2) is 12.6 Å². The fourth-order valence-corrected chi connectivity index (χ4v) is 2.58. The third-order valence-electron chi connectivity index (χ3n) is 4.04. The van der Waals surface area contributed by atoms with Crippen LogP contribution in [0.3, 0.4) is 0 Å². The van der Waals surface area contributed by atoms with E-state index in [0.29, 0.717) is 5.56 Å². The summed E-state index contributed by atoms with van der Waals surface area (Å²) in [5, 5.41) is 0. The number of rotatable bonds is 1. The van der Waals surface area contributed by atoms with E-state index in [1.165, 1.54) is 0 Å². The van der Waals surface area contributed by atoms with Crippen LogP contribution in [0.2, 0.25) is 0 Å². The first kappa shape index (κ1) is 15.2. The summed E-state index contributed by atoms with van der Waals surface area (Å²) >= 11 is 0. The third-order valence-corrected chi connectivity index (χ3v) is 4.04. The van der Waals surface area contributed by atoms with Crippen LogP contribution >= 0.6 is 0 Å². The molecule has 2 aromatic carbocycles. The van der Waals surface area contributed by atoms with Crippen LogP contribution in [0.15, 0.2) is 48.5 Å². The van der Waals surface area contributed by atoms with E-state index in [9.17, 15) is 4.79 Å². The van der Waals surface area contributed by atoms with Crippen LogP contribution in [0, 0.1) is 12.0 Å². The van der Waals surface area contributed by atoms with Gasteiger partial charge in [0.15, 0.2) is 0 Å². The van der Waals surface area contributed by atoms with Crippen molar-refractivity contribution in [3.05, 3.63) is 65.2 Å². The van der Waals surface area contributed by atoms with Gasteiger partial charge in [-0.1, -0.05) is 32.0 Å². The maximum Gasteiger partial charge on any atom is 0.352 e. The Kier molecular flexibility index (Phi) is 4.08. The van der Waals surface area contributed by atoms with Crippen molar-refractivity contribution in [2.24, 2.45) is 0 Å². The van der Waals surface area contributed by atoms with Crippen LogP contribution in [-0.2, 0) is 10.2 Å². The molecule has 0 saturated carbocycles. The number of ether oxygens (including phenoxy) is 2. The second-order valence-electron chi connectivity index (χ2n) is 6.18. The van der Waals surface area contributed by atoms with Gasteiger partial charge in [0, 0.05) is 11.1 Å². The molecule has 116 valence electrons. The molecule has 3 heteroatoms. The van der Waals surface area contributed by atoms with Gasteiger partial charge in [0.25, 0.3) is 0 Å². The van der Waals surface area contributed by atoms with Gasteiger partial charge in [0.05, 0.1) is 12.2 Å². The Labute approximate surface area is 136 Å². The molecule has 0 N–H and O–H groups in total. The van der Waals surface area contributed by atoms with E-state index in [1.807, 2.05) is 24.3 Å². The van der Waals surface area contributed by atoms with Gasteiger partial charge in [0.1, 0.15) is 11.9 Å². The lowest BCUT2D eigenvalue weighted by molar-refractivity contribution is 0.0690. The predicted molar refractivity (Wildman–Crippen MR) is 88.3 cm³/mol. The number of benzene rings is 2. The maximum absolute atomic E-state index is 11.8. The van der Waals surface area contributed by atoms with Crippen molar-refractivity contribution in [3.63, 3.8) is 0 Å². The Morgan fingerprint density at radius 1 is 1.17 bits per heavy atom. The molecule has 3 nitrogen and oxygen atoms in total. The number of fused-ring (bicyclic) bond motifs is 1. The van der Waals surface area contributed by atoms with Gasteiger partial charge in [-0.3, -0.25) is 0 Å². The topological polar surface area (TPSA) is 35.5 Å². The van der Waals surface area contributed by atoms with Crippen molar-refractivity contribution in [1.29, 1.82) is 0 Å². The largest absolute Gasteiger partial charge is 0.493 e. The summed E-state index contributed by atoms with van der Waals surface area (Å²) in [6.07, 6.45) is 3.47. The van der Waals surface area contributed by atoms with Crippen molar-refractivity contribution >= 4 is 5.97 Å². The number of hydrogen-bond donors (Lipinski definition) is 0. The molecule has 0 aromatic heterocycles. The Bertz CT molecular complexity index is 780. The molecule has 0 amide bonds. The molecule has 2 aromatic rings. The predicted octanol–water partition coefficient (Wildman–Crippen LogP) is 3.91. The van der Waals surface area contributed by atoms with Crippen LogP contribution in [0.1, 0.15) is 41.8 Å². The van der Waals surface area contributed by atoms with Crippen molar-refractivity contribution in [2.75, 3.05) is 6.61 Å². The maximum atomic E-state index is 11.8. The van der Waals surface area contributed by atoms with Crippen LogP contribution in [0.25, 0.3) is 0 Å². The summed E-state index contributed by atoms with van der Waals surface area (Å²) in [6, 6.07) is 14.6. The zero-order valence-corrected chi connectivity index (χ0v) is 13.3. The molecule has 1 aliphatic heterocycles. The lowest BCUT2D eigenvalue weighted by atomic mass is 9.79. The minimum atomic E-state index is -0.445. The molecule has 0 unspecified atom stereocenters. The first-order chi connectivity index (χ1) is 11.1. The van der Waals surface area contributed by atoms with Gasteiger partial charge >= 0.3 is 5.97 Å². The molecular formula is C20H18O3. The van der Waals surface area contributed by atoms with Crippen molar-refractivity contribution in [2.45, 2.75) is 25.7 Å². The van der Waals surface area contributed by atoms with E-state index in [2.05, 4.69) is 25.9 Å². The highest BCUT2D eigenvalue weighted by atomic mass is 16.5. The molecule has 0 spiro atoms. The molecule has 0 bridgehead atoms. The van der Waals surface area contributed by atoms with Crippen LogP contribution in [0.4, 0.5) is 0 Å². The van der Waals surface area contributed by atoms with E-state index in [0.717, 1.165) is 29.9 Å². The smallest absolute Gasteiger partial charge is 0.352 e. The number of esters is 1. The van der Waals surface area contributed by atoms with Crippen molar-refractivity contribution in [3.8, 4) is 17.8 Å². The highest BCUT2D eigenvalue weighted by molar-refractivity contribution is 5.90. The van der Waals surface area contributed by atoms with E-state index in [1.54, 1.807) is 24.3 Å². The summed E-state index contributed by atoms with van der Waals surface area (Å²) < 4.78 is 10.7. The first-order valence-electron chi connectivity index (χ1n) is 7.61. The number of carbonyl (C=O) groups excluding carboxylic acids is 1. The van der Waals surface area contributed by atoms with Gasteiger partial charge in [-0.25, -0.2) is 4.79 Å². The van der Waals surface area contributed by atoms with Gasteiger partial charge in [-0.05, 0) is 48.1 Å². The lowest BCUT2D eigenvalue weighted by Gasteiger charge is -2.32. The molecule has 23 heavy (non-hydrogen) atoms. The lowest BCUT2D eigenvalue weighted by Crippen LogP contribution is -2.26. The van der Waals surface area contributed by atoms with Gasteiger partial charge in [-0.15, -0.1) is 0 Å². The molecule has 1 aliphatic rings. The number of carbonyl (C=O) groups is 1. The van der Waals surface area contributed by atoms with Gasteiger partial charge in [-0.2, -0.15) is 0 Å². The van der Waals surface area contributed by atoms with Crippen LogP contribution in [0.5, 0.6) is 5.75 Å². The molecular weight excluding hydrogens is 288 g/mol. The quantitative estimate of drug-likeness (QED) is 0.592. The van der Waals surface area contributed by atoms with Crippen LogP contribution < -0.4 is 4.74 Å². The van der Waals surface area contributed by atoms with Gasteiger partial charge in [0.2, 0.25) is 0 Å². The second-order valence-corrected chi connectivity index (χ2v) is 6.18.